The fraction of sp³-hybridized carbons (Fsp3) is 0.118. The lowest BCUT2D eigenvalue weighted by atomic mass is 10.0. The van der Waals surface area contributed by atoms with Crippen LogP contribution in [0.15, 0.2) is 36.4 Å². The van der Waals surface area contributed by atoms with Gasteiger partial charge in [0, 0.05) is 17.7 Å². The van der Waals surface area contributed by atoms with Gasteiger partial charge in [-0.15, -0.1) is 0 Å². The molecular formula is C17H15NO6. The van der Waals surface area contributed by atoms with Crippen LogP contribution in [0.2, 0.25) is 0 Å². The zero-order chi connectivity index (χ0) is 17.7. The van der Waals surface area contributed by atoms with Crippen LogP contribution in [0.5, 0.6) is 11.5 Å². The van der Waals surface area contributed by atoms with Gasteiger partial charge in [-0.1, -0.05) is 18.2 Å². The number of ether oxygens (including phenoxy) is 2. The summed E-state index contributed by atoms with van der Waals surface area (Å²) in [6.45, 7) is 0. The van der Waals surface area contributed by atoms with E-state index in [4.69, 9.17) is 9.47 Å². The van der Waals surface area contributed by atoms with Gasteiger partial charge >= 0.3 is 5.97 Å². The average molecular weight is 329 g/mol. The first-order valence-electron chi connectivity index (χ1n) is 6.88. The molecule has 7 nitrogen and oxygen atoms in total. The predicted molar refractivity (Wildman–Crippen MR) is 88.5 cm³/mol. The maximum Gasteiger partial charge on any atom is 0.336 e. The molecule has 0 spiro atoms. The van der Waals surface area contributed by atoms with Crippen LogP contribution in [0.25, 0.3) is 12.2 Å². The number of hydrogen-bond acceptors (Lipinski definition) is 5. The highest BCUT2D eigenvalue weighted by molar-refractivity contribution is 5.95. The van der Waals surface area contributed by atoms with E-state index in [9.17, 15) is 20.0 Å². The van der Waals surface area contributed by atoms with Gasteiger partial charge in [-0.05, 0) is 23.8 Å². The largest absolute Gasteiger partial charge is 0.493 e. The van der Waals surface area contributed by atoms with Crippen molar-refractivity contribution in [1.29, 1.82) is 0 Å². The van der Waals surface area contributed by atoms with Crippen LogP contribution in [0, 0.1) is 10.1 Å². The fourth-order valence-corrected chi connectivity index (χ4v) is 2.22. The van der Waals surface area contributed by atoms with Gasteiger partial charge in [0.15, 0.2) is 11.5 Å². The Kier molecular flexibility index (Phi) is 5.16. The molecule has 0 aliphatic carbocycles. The van der Waals surface area contributed by atoms with Crippen molar-refractivity contribution in [2.75, 3.05) is 14.2 Å². The van der Waals surface area contributed by atoms with Crippen molar-refractivity contribution in [3.05, 3.63) is 63.2 Å². The maximum absolute atomic E-state index is 11.4. The number of carboxylic acids is 1. The third-order valence-corrected chi connectivity index (χ3v) is 3.34. The number of aromatic carboxylic acids is 1. The molecule has 0 radical (unpaired) electrons. The van der Waals surface area contributed by atoms with Crippen molar-refractivity contribution < 1.29 is 24.3 Å². The first-order chi connectivity index (χ1) is 11.5. The summed E-state index contributed by atoms with van der Waals surface area (Å²) in [5.41, 5.74) is 0.865. The Bertz CT molecular complexity index is 813. The number of nitro benzene ring substituents is 1. The molecule has 0 fully saturated rings. The van der Waals surface area contributed by atoms with E-state index in [1.54, 1.807) is 18.2 Å². The monoisotopic (exact) mass is 329 g/mol. The molecule has 0 unspecified atom stereocenters. The molecule has 0 amide bonds. The molecule has 0 bridgehead atoms. The van der Waals surface area contributed by atoms with Gasteiger partial charge in [-0.3, -0.25) is 10.1 Å². The molecule has 0 heterocycles. The molecule has 0 aliphatic heterocycles. The minimum absolute atomic E-state index is 0.0364. The molecule has 0 saturated heterocycles. The molecule has 0 saturated carbocycles. The summed E-state index contributed by atoms with van der Waals surface area (Å²) in [6.07, 6.45) is 3.11. The lowest BCUT2D eigenvalue weighted by Gasteiger charge is -2.12. The summed E-state index contributed by atoms with van der Waals surface area (Å²) in [7, 11) is 2.86. The van der Waals surface area contributed by atoms with Crippen LogP contribution in [0.3, 0.4) is 0 Å². The number of benzene rings is 2. The van der Waals surface area contributed by atoms with Crippen molar-refractivity contribution in [3.63, 3.8) is 0 Å². The number of rotatable bonds is 6. The van der Waals surface area contributed by atoms with E-state index < -0.39 is 10.9 Å². The van der Waals surface area contributed by atoms with Crippen LogP contribution in [0.1, 0.15) is 21.5 Å². The Morgan fingerprint density at radius 3 is 2.50 bits per heavy atom. The van der Waals surface area contributed by atoms with Crippen LogP contribution < -0.4 is 9.47 Å². The highest BCUT2D eigenvalue weighted by Crippen LogP contribution is 2.35. The fourth-order valence-electron chi connectivity index (χ4n) is 2.22. The second kappa shape index (κ2) is 7.28. The smallest absolute Gasteiger partial charge is 0.336 e. The van der Waals surface area contributed by atoms with Gasteiger partial charge in [0.2, 0.25) is 0 Å². The van der Waals surface area contributed by atoms with Gasteiger partial charge in [0.05, 0.1) is 24.7 Å². The Morgan fingerprint density at radius 2 is 1.92 bits per heavy atom. The van der Waals surface area contributed by atoms with Gasteiger partial charge in [0.1, 0.15) is 0 Å². The molecule has 2 aromatic rings. The van der Waals surface area contributed by atoms with Crippen molar-refractivity contribution in [2.24, 2.45) is 0 Å². The summed E-state index contributed by atoms with van der Waals surface area (Å²) in [6, 6.07) is 8.93. The Labute approximate surface area is 137 Å². The van der Waals surface area contributed by atoms with Crippen molar-refractivity contribution >= 4 is 23.8 Å². The average Bonchev–Trinajstić information content (AvgIpc) is 2.58. The second-order valence-electron chi connectivity index (χ2n) is 4.75. The molecular weight excluding hydrogens is 314 g/mol. The highest BCUT2D eigenvalue weighted by Gasteiger charge is 2.17. The first-order valence-corrected chi connectivity index (χ1v) is 6.88. The number of nitrogens with zero attached hydrogens (tertiary/aromatic N) is 1. The molecule has 2 aromatic carbocycles. The lowest BCUT2D eigenvalue weighted by molar-refractivity contribution is -0.384. The van der Waals surface area contributed by atoms with Gasteiger partial charge in [-0.25, -0.2) is 4.79 Å². The molecule has 0 aliphatic rings. The van der Waals surface area contributed by atoms with E-state index in [-0.39, 0.29) is 17.0 Å². The predicted octanol–water partition coefficient (Wildman–Crippen LogP) is 3.48. The third kappa shape index (κ3) is 3.52. The van der Waals surface area contributed by atoms with Crippen LogP contribution in [-0.4, -0.2) is 30.2 Å². The van der Waals surface area contributed by atoms with E-state index in [1.165, 1.54) is 44.6 Å². The maximum atomic E-state index is 11.4. The van der Waals surface area contributed by atoms with E-state index in [0.29, 0.717) is 16.9 Å². The lowest BCUT2D eigenvalue weighted by Crippen LogP contribution is -2.03. The number of carboxylic acid groups (broad SMARTS) is 1. The zero-order valence-corrected chi connectivity index (χ0v) is 13.1. The molecule has 2 rings (SSSR count). The normalized spacial score (nSPS) is 10.6. The number of carbonyl (C=O) groups is 1. The molecule has 0 aromatic heterocycles. The summed E-state index contributed by atoms with van der Waals surface area (Å²) < 4.78 is 10.4. The number of hydrogen-bond donors (Lipinski definition) is 1. The number of non-ortho nitro benzene ring substituents is 1. The van der Waals surface area contributed by atoms with Gasteiger partial charge in [-0.2, -0.15) is 0 Å². The van der Waals surface area contributed by atoms with E-state index in [2.05, 4.69) is 0 Å². The van der Waals surface area contributed by atoms with E-state index >= 15 is 0 Å². The van der Waals surface area contributed by atoms with Crippen LogP contribution >= 0.6 is 0 Å². The summed E-state index contributed by atoms with van der Waals surface area (Å²) in [5, 5.41) is 20.2. The Morgan fingerprint density at radius 1 is 1.17 bits per heavy atom. The molecule has 0 atom stereocenters. The minimum Gasteiger partial charge on any atom is -0.493 e. The summed E-state index contributed by atoms with van der Waals surface area (Å²) >= 11 is 0. The molecule has 24 heavy (non-hydrogen) atoms. The first kappa shape index (κ1) is 17.0. The van der Waals surface area contributed by atoms with Crippen LogP contribution in [0.4, 0.5) is 5.69 Å². The van der Waals surface area contributed by atoms with Gasteiger partial charge in [0.25, 0.3) is 5.69 Å². The zero-order valence-electron chi connectivity index (χ0n) is 13.1. The standard InChI is InChI=1S/C17H15NO6/c1-23-15-9-8-14(17(19)20)13(16(15)24-2)7-6-11-4-3-5-12(10-11)18(21)22/h3-10H,1-2H3,(H,19,20)/b7-6+. The SMILES string of the molecule is COc1ccc(C(=O)O)c(/C=C/c2cccc([N+](=O)[O-])c2)c1OC. The molecule has 124 valence electrons. The minimum atomic E-state index is -1.12. The number of nitro groups is 1. The highest BCUT2D eigenvalue weighted by atomic mass is 16.6. The van der Waals surface area contributed by atoms with Gasteiger partial charge < -0.3 is 14.6 Å². The Balaban J connectivity index is 2.53. The quantitative estimate of drug-likeness (QED) is 0.495. The summed E-state index contributed by atoms with van der Waals surface area (Å²) in [5.74, 6) is -0.449. The number of methoxy groups -OCH3 is 2. The van der Waals surface area contributed by atoms with Crippen molar-refractivity contribution in [1.82, 2.24) is 0 Å². The summed E-state index contributed by atoms with van der Waals surface area (Å²) in [4.78, 5) is 21.8. The van der Waals surface area contributed by atoms with Crippen molar-refractivity contribution in [2.45, 2.75) is 0 Å². The Hall–Kier alpha value is -3.35. The molecule has 7 heteroatoms. The molecule has 1 N–H and O–H groups in total. The van der Waals surface area contributed by atoms with Crippen molar-refractivity contribution in [3.8, 4) is 11.5 Å². The second-order valence-corrected chi connectivity index (χ2v) is 4.75. The van der Waals surface area contributed by atoms with Crippen LogP contribution in [-0.2, 0) is 0 Å². The van der Waals surface area contributed by atoms with E-state index in [1.807, 2.05) is 0 Å². The van der Waals surface area contributed by atoms with E-state index in [0.717, 1.165) is 0 Å². The topological polar surface area (TPSA) is 98.9 Å². The third-order valence-electron chi connectivity index (χ3n) is 3.34.